The van der Waals surface area contributed by atoms with Crippen LogP contribution in [0.4, 0.5) is 10.1 Å². The van der Waals surface area contributed by atoms with E-state index in [-0.39, 0.29) is 5.56 Å². The van der Waals surface area contributed by atoms with Gasteiger partial charge in [-0.1, -0.05) is 30.3 Å². The Morgan fingerprint density at radius 1 is 1.07 bits per heavy atom. The van der Waals surface area contributed by atoms with Gasteiger partial charge in [0.15, 0.2) is 0 Å². The Morgan fingerprint density at radius 2 is 1.75 bits per heavy atom. The first-order valence-electron chi connectivity index (χ1n) is 8.85. The van der Waals surface area contributed by atoms with E-state index in [1.165, 1.54) is 23.2 Å². The molecule has 146 valence electrons. The summed E-state index contributed by atoms with van der Waals surface area (Å²) in [5, 5.41) is 3.66. The van der Waals surface area contributed by atoms with Gasteiger partial charge in [-0.05, 0) is 18.2 Å². The number of hydrazone groups is 1. The predicted molar refractivity (Wildman–Crippen MR) is 104 cm³/mol. The van der Waals surface area contributed by atoms with E-state index in [2.05, 4.69) is 15.4 Å². The number of ether oxygens (including phenoxy) is 1. The summed E-state index contributed by atoms with van der Waals surface area (Å²) in [5.41, 5.74) is 3.33. The number of halogens is 1. The van der Waals surface area contributed by atoms with Crippen LogP contribution in [0.15, 0.2) is 53.6 Å². The fourth-order valence-electron chi connectivity index (χ4n) is 2.97. The van der Waals surface area contributed by atoms with Gasteiger partial charge in [0.1, 0.15) is 11.6 Å². The second kappa shape index (κ2) is 8.98. The average Bonchev–Trinajstić information content (AvgIpc) is 2.74. The molecule has 1 aliphatic heterocycles. The van der Waals surface area contributed by atoms with E-state index in [0.717, 1.165) is 11.4 Å². The van der Waals surface area contributed by atoms with Gasteiger partial charge in [0, 0.05) is 31.7 Å². The van der Waals surface area contributed by atoms with Gasteiger partial charge in [0.25, 0.3) is 0 Å². The number of amides is 2. The summed E-state index contributed by atoms with van der Waals surface area (Å²) in [6.45, 7) is 1.97. The van der Waals surface area contributed by atoms with E-state index < -0.39 is 17.6 Å². The van der Waals surface area contributed by atoms with Crippen molar-refractivity contribution in [2.45, 2.75) is 0 Å². The highest BCUT2D eigenvalue weighted by atomic mass is 19.1. The van der Waals surface area contributed by atoms with Crippen LogP contribution in [0.3, 0.4) is 0 Å². The van der Waals surface area contributed by atoms with Crippen LogP contribution in [0.5, 0.6) is 5.75 Å². The summed E-state index contributed by atoms with van der Waals surface area (Å²) in [4.78, 5) is 27.9. The molecular weight excluding hydrogens is 363 g/mol. The van der Waals surface area contributed by atoms with E-state index in [9.17, 15) is 14.0 Å². The first-order chi connectivity index (χ1) is 13.6. The number of nitrogens with one attached hydrogen (secondary N) is 1. The number of hydrogen-bond acceptors (Lipinski definition) is 5. The van der Waals surface area contributed by atoms with E-state index in [0.29, 0.717) is 26.2 Å². The molecule has 0 radical (unpaired) electrons. The number of anilines is 1. The Kier molecular flexibility index (Phi) is 6.21. The van der Waals surface area contributed by atoms with Gasteiger partial charge in [-0.15, -0.1) is 0 Å². The molecule has 0 bridgehead atoms. The summed E-state index contributed by atoms with van der Waals surface area (Å²) in [6.07, 6.45) is 1.17. The van der Waals surface area contributed by atoms with Crippen molar-refractivity contribution < 1.29 is 18.7 Å². The summed E-state index contributed by atoms with van der Waals surface area (Å²) in [7, 11) is 1.62. The van der Waals surface area contributed by atoms with Gasteiger partial charge >= 0.3 is 11.8 Å². The van der Waals surface area contributed by atoms with Crippen molar-refractivity contribution >= 4 is 23.7 Å². The second-order valence-electron chi connectivity index (χ2n) is 6.17. The van der Waals surface area contributed by atoms with Crippen LogP contribution in [0, 0.1) is 5.82 Å². The van der Waals surface area contributed by atoms with Crippen LogP contribution in [-0.2, 0) is 9.59 Å². The lowest BCUT2D eigenvalue weighted by Gasteiger charge is -2.36. The molecule has 7 nitrogen and oxygen atoms in total. The Morgan fingerprint density at radius 3 is 2.46 bits per heavy atom. The molecule has 1 heterocycles. The van der Waals surface area contributed by atoms with E-state index in [1.807, 2.05) is 24.3 Å². The second-order valence-corrected chi connectivity index (χ2v) is 6.17. The summed E-state index contributed by atoms with van der Waals surface area (Å²) in [6, 6.07) is 13.7. The van der Waals surface area contributed by atoms with Crippen LogP contribution < -0.4 is 15.1 Å². The first kappa shape index (κ1) is 19.3. The third-order valence-corrected chi connectivity index (χ3v) is 4.46. The molecule has 0 aromatic heterocycles. The lowest BCUT2D eigenvalue weighted by Crippen LogP contribution is -2.52. The predicted octanol–water partition coefficient (Wildman–Crippen LogP) is 1.63. The van der Waals surface area contributed by atoms with Crippen molar-refractivity contribution in [3.63, 3.8) is 0 Å². The number of hydrogen-bond donors (Lipinski definition) is 1. The number of benzene rings is 2. The van der Waals surface area contributed by atoms with E-state index in [1.54, 1.807) is 19.2 Å². The summed E-state index contributed by atoms with van der Waals surface area (Å²) < 4.78 is 18.9. The molecular formula is C20H21FN4O3. The van der Waals surface area contributed by atoms with E-state index in [4.69, 9.17) is 4.74 Å². The van der Waals surface area contributed by atoms with Crippen molar-refractivity contribution in [2.24, 2.45) is 5.10 Å². The highest BCUT2D eigenvalue weighted by molar-refractivity contribution is 6.35. The van der Waals surface area contributed by atoms with Crippen molar-refractivity contribution in [3.8, 4) is 5.75 Å². The first-order valence-corrected chi connectivity index (χ1v) is 8.85. The zero-order valence-electron chi connectivity index (χ0n) is 15.5. The number of methoxy groups -OCH3 is 1. The maximum absolute atomic E-state index is 13.5. The minimum absolute atomic E-state index is 0.223. The van der Waals surface area contributed by atoms with Crippen molar-refractivity contribution in [2.75, 3.05) is 38.2 Å². The SMILES string of the molecule is COc1ccccc1N1CCN(C(=O)C(=O)NN=Cc2ccccc2F)CC1. The van der Waals surface area contributed by atoms with Crippen molar-refractivity contribution in [1.29, 1.82) is 0 Å². The van der Waals surface area contributed by atoms with Gasteiger partial charge in [0.05, 0.1) is 19.0 Å². The molecule has 8 heteroatoms. The maximum Gasteiger partial charge on any atom is 0.329 e. The molecule has 1 N–H and O–H groups in total. The van der Waals surface area contributed by atoms with Gasteiger partial charge in [0.2, 0.25) is 0 Å². The largest absolute Gasteiger partial charge is 0.495 e. The van der Waals surface area contributed by atoms with Crippen LogP contribution >= 0.6 is 0 Å². The van der Waals surface area contributed by atoms with Crippen molar-refractivity contribution in [1.82, 2.24) is 10.3 Å². The minimum Gasteiger partial charge on any atom is -0.495 e. The lowest BCUT2D eigenvalue weighted by molar-refractivity contribution is -0.146. The normalized spacial score (nSPS) is 14.2. The number of carbonyl (C=O) groups is 2. The molecule has 0 saturated carbocycles. The number of carbonyl (C=O) groups excluding carboxylic acids is 2. The molecule has 0 unspecified atom stereocenters. The van der Waals surface area contributed by atoms with Crippen LogP contribution in [0.1, 0.15) is 5.56 Å². The van der Waals surface area contributed by atoms with Crippen molar-refractivity contribution in [3.05, 3.63) is 59.9 Å². The zero-order chi connectivity index (χ0) is 19.9. The highest BCUT2D eigenvalue weighted by Crippen LogP contribution is 2.28. The molecule has 0 atom stereocenters. The Hall–Kier alpha value is -3.42. The standard InChI is InChI=1S/C20H21FN4O3/c1-28-18-9-5-4-8-17(18)24-10-12-25(13-11-24)20(27)19(26)23-22-14-15-6-2-3-7-16(15)21/h2-9,14H,10-13H2,1H3,(H,23,26). The minimum atomic E-state index is -0.849. The molecule has 2 amide bonds. The topological polar surface area (TPSA) is 74.2 Å². The van der Waals surface area contributed by atoms with Gasteiger partial charge in [-0.2, -0.15) is 5.10 Å². The summed E-state index contributed by atoms with van der Waals surface area (Å²) in [5.74, 6) is -1.20. The monoisotopic (exact) mass is 384 g/mol. The smallest absolute Gasteiger partial charge is 0.329 e. The third kappa shape index (κ3) is 4.46. The number of rotatable bonds is 4. The van der Waals surface area contributed by atoms with Gasteiger partial charge in [-0.3, -0.25) is 9.59 Å². The van der Waals surface area contributed by atoms with Crippen LogP contribution in [0.25, 0.3) is 0 Å². The molecule has 28 heavy (non-hydrogen) atoms. The highest BCUT2D eigenvalue weighted by Gasteiger charge is 2.26. The third-order valence-electron chi connectivity index (χ3n) is 4.46. The Bertz CT molecular complexity index is 879. The molecule has 0 aliphatic carbocycles. The van der Waals surface area contributed by atoms with E-state index >= 15 is 0 Å². The maximum atomic E-state index is 13.5. The average molecular weight is 384 g/mol. The number of nitrogens with zero attached hydrogens (tertiary/aromatic N) is 3. The quantitative estimate of drug-likeness (QED) is 0.494. The molecule has 2 aromatic rings. The van der Waals surface area contributed by atoms with Gasteiger partial charge < -0.3 is 14.5 Å². The molecule has 1 fully saturated rings. The Labute approximate surface area is 162 Å². The number of piperazine rings is 1. The fraction of sp³-hybridized carbons (Fsp3) is 0.250. The summed E-state index contributed by atoms with van der Waals surface area (Å²) >= 11 is 0. The molecule has 1 saturated heterocycles. The lowest BCUT2D eigenvalue weighted by atomic mass is 10.2. The number of para-hydroxylation sites is 2. The fourth-order valence-corrected chi connectivity index (χ4v) is 2.97. The zero-order valence-corrected chi connectivity index (χ0v) is 15.5. The molecule has 0 spiro atoms. The van der Waals surface area contributed by atoms with Crippen LogP contribution in [0.2, 0.25) is 0 Å². The van der Waals surface area contributed by atoms with Gasteiger partial charge in [-0.25, -0.2) is 9.82 Å². The Balaban J connectivity index is 1.53. The molecule has 3 rings (SSSR count). The molecule has 1 aliphatic rings. The van der Waals surface area contributed by atoms with Crippen LogP contribution in [-0.4, -0.2) is 56.2 Å². The molecule has 2 aromatic carbocycles.